The van der Waals surface area contributed by atoms with Gasteiger partial charge >= 0.3 is 0 Å². The number of nitrogens with one attached hydrogen (secondary N) is 1. The Morgan fingerprint density at radius 1 is 1.14 bits per heavy atom. The van der Waals surface area contributed by atoms with Crippen LogP contribution in [0.1, 0.15) is 37.5 Å². The maximum Gasteiger partial charge on any atom is 0.242 e. The highest BCUT2D eigenvalue weighted by atomic mass is 35.5. The van der Waals surface area contributed by atoms with Crippen LogP contribution in [0.2, 0.25) is 5.02 Å². The van der Waals surface area contributed by atoms with E-state index >= 15 is 0 Å². The molecule has 0 spiro atoms. The van der Waals surface area contributed by atoms with E-state index in [4.69, 9.17) is 11.6 Å². The summed E-state index contributed by atoms with van der Waals surface area (Å²) in [5, 5.41) is 3.07. The van der Waals surface area contributed by atoms with Gasteiger partial charge in [-0.3, -0.25) is 9.59 Å². The van der Waals surface area contributed by atoms with E-state index in [2.05, 4.69) is 5.32 Å². The SMILES string of the molecule is Cc1cccc(CN(C(=O)Cc2c(F)cccc2Cl)[C@@H](C)C(=O)NCC(C)C)c1. The van der Waals surface area contributed by atoms with E-state index in [1.54, 1.807) is 13.0 Å². The van der Waals surface area contributed by atoms with E-state index in [1.807, 2.05) is 45.0 Å². The summed E-state index contributed by atoms with van der Waals surface area (Å²) in [7, 11) is 0. The maximum absolute atomic E-state index is 14.2. The van der Waals surface area contributed by atoms with Crippen LogP contribution in [-0.2, 0) is 22.6 Å². The lowest BCUT2D eigenvalue weighted by Crippen LogP contribution is -2.48. The third-order valence-corrected chi connectivity index (χ3v) is 5.03. The Bertz CT molecular complexity index is 849. The van der Waals surface area contributed by atoms with Crippen molar-refractivity contribution in [3.8, 4) is 0 Å². The van der Waals surface area contributed by atoms with Crippen molar-refractivity contribution in [3.05, 3.63) is 70.0 Å². The van der Waals surface area contributed by atoms with Crippen LogP contribution in [0.3, 0.4) is 0 Å². The van der Waals surface area contributed by atoms with Crippen LogP contribution in [-0.4, -0.2) is 29.3 Å². The van der Waals surface area contributed by atoms with Gasteiger partial charge in [-0.25, -0.2) is 4.39 Å². The first kappa shape index (κ1) is 22.9. The van der Waals surface area contributed by atoms with Gasteiger partial charge in [-0.15, -0.1) is 0 Å². The molecule has 156 valence electrons. The van der Waals surface area contributed by atoms with Crippen LogP contribution < -0.4 is 5.32 Å². The second-order valence-electron chi connectivity index (χ2n) is 7.70. The predicted molar refractivity (Wildman–Crippen MR) is 114 cm³/mol. The molecule has 1 atom stereocenters. The number of halogens is 2. The molecule has 0 aliphatic rings. The van der Waals surface area contributed by atoms with Crippen molar-refractivity contribution in [2.45, 2.75) is 46.7 Å². The molecule has 0 unspecified atom stereocenters. The smallest absolute Gasteiger partial charge is 0.242 e. The Kier molecular flexibility index (Phi) is 8.21. The summed E-state index contributed by atoms with van der Waals surface area (Å²) < 4.78 is 14.2. The molecule has 0 aliphatic heterocycles. The molecule has 29 heavy (non-hydrogen) atoms. The molecule has 2 amide bonds. The Balaban J connectivity index is 2.27. The van der Waals surface area contributed by atoms with Crippen molar-refractivity contribution in [1.29, 1.82) is 0 Å². The van der Waals surface area contributed by atoms with E-state index < -0.39 is 11.9 Å². The average Bonchev–Trinajstić information content (AvgIpc) is 2.66. The molecule has 0 saturated heterocycles. The normalized spacial score (nSPS) is 12.0. The number of carbonyl (C=O) groups excluding carboxylic acids is 2. The summed E-state index contributed by atoms with van der Waals surface area (Å²) >= 11 is 6.10. The minimum absolute atomic E-state index is 0.142. The molecule has 0 fully saturated rings. The third-order valence-electron chi connectivity index (χ3n) is 4.68. The van der Waals surface area contributed by atoms with E-state index in [1.165, 1.54) is 17.0 Å². The van der Waals surface area contributed by atoms with Crippen LogP contribution in [0.15, 0.2) is 42.5 Å². The molecule has 0 heterocycles. The van der Waals surface area contributed by atoms with Crippen molar-refractivity contribution in [2.24, 2.45) is 5.92 Å². The second-order valence-corrected chi connectivity index (χ2v) is 8.11. The molecule has 1 N–H and O–H groups in total. The van der Waals surface area contributed by atoms with Gasteiger partial charge in [-0.05, 0) is 37.5 Å². The fourth-order valence-corrected chi connectivity index (χ4v) is 3.23. The monoisotopic (exact) mass is 418 g/mol. The van der Waals surface area contributed by atoms with Crippen LogP contribution in [0.25, 0.3) is 0 Å². The Morgan fingerprint density at radius 3 is 2.45 bits per heavy atom. The first-order valence-corrected chi connectivity index (χ1v) is 10.1. The maximum atomic E-state index is 14.2. The van der Waals surface area contributed by atoms with E-state index in [0.29, 0.717) is 12.5 Å². The zero-order valence-electron chi connectivity index (χ0n) is 17.3. The molecule has 2 aromatic rings. The molecule has 0 aliphatic carbocycles. The van der Waals surface area contributed by atoms with Crippen molar-refractivity contribution in [2.75, 3.05) is 6.54 Å². The average molecular weight is 419 g/mol. The van der Waals surface area contributed by atoms with Gasteiger partial charge in [-0.2, -0.15) is 0 Å². The molecule has 0 aromatic heterocycles. The van der Waals surface area contributed by atoms with Crippen LogP contribution >= 0.6 is 11.6 Å². The number of aryl methyl sites for hydroxylation is 1. The first-order valence-electron chi connectivity index (χ1n) is 9.74. The van der Waals surface area contributed by atoms with Gasteiger partial charge < -0.3 is 10.2 Å². The topological polar surface area (TPSA) is 49.4 Å². The number of carbonyl (C=O) groups is 2. The first-order chi connectivity index (χ1) is 13.7. The summed E-state index contributed by atoms with van der Waals surface area (Å²) in [5.74, 6) is -0.826. The molecule has 2 rings (SSSR count). The number of nitrogens with zero attached hydrogens (tertiary/aromatic N) is 1. The van der Waals surface area contributed by atoms with Gasteiger partial charge in [0.1, 0.15) is 11.9 Å². The second kappa shape index (κ2) is 10.4. The minimum Gasteiger partial charge on any atom is -0.354 e. The van der Waals surface area contributed by atoms with Crippen LogP contribution in [0.5, 0.6) is 0 Å². The standard InChI is InChI=1S/C23H28ClFN2O2/c1-15(2)13-26-23(29)17(4)27(14-18-8-5-7-16(3)11-18)22(28)12-19-20(24)9-6-10-21(19)25/h5-11,15,17H,12-14H2,1-4H3,(H,26,29)/t17-/m0/s1. The highest BCUT2D eigenvalue weighted by Gasteiger charge is 2.27. The Labute approximate surface area is 177 Å². The lowest BCUT2D eigenvalue weighted by molar-refractivity contribution is -0.140. The predicted octanol–water partition coefficient (Wildman–Crippen LogP) is 4.52. The third kappa shape index (κ3) is 6.57. The summed E-state index contributed by atoms with van der Waals surface area (Å²) in [5.41, 5.74) is 2.11. The molecular formula is C23H28ClFN2O2. The zero-order valence-corrected chi connectivity index (χ0v) is 18.1. The van der Waals surface area contributed by atoms with Gasteiger partial charge in [0.2, 0.25) is 11.8 Å². The van der Waals surface area contributed by atoms with E-state index in [-0.39, 0.29) is 35.4 Å². The minimum atomic E-state index is -0.702. The number of hydrogen-bond acceptors (Lipinski definition) is 2. The van der Waals surface area contributed by atoms with E-state index in [9.17, 15) is 14.0 Å². The van der Waals surface area contributed by atoms with Gasteiger partial charge in [0.25, 0.3) is 0 Å². The summed E-state index contributed by atoms with van der Waals surface area (Å²) in [6, 6.07) is 11.4. The van der Waals surface area contributed by atoms with Gasteiger partial charge in [0, 0.05) is 23.7 Å². The summed E-state index contributed by atoms with van der Waals surface area (Å²) in [6.07, 6.45) is -0.209. The fourth-order valence-electron chi connectivity index (χ4n) is 3.00. The van der Waals surface area contributed by atoms with Crippen molar-refractivity contribution in [1.82, 2.24) is 10.2 Å². The molecule has 0 bridgehead atoms. The number of rotatable bonds is 8. The molecule has 0 saturated carbocycles. The lowest BCUT2D eigenvalue weighted by Gasteiger charge is -2.29. The van der Waals surface area contributed by atoms with Crippen molar-refractivity contribution < 1.29 is 14.0 Å². The van der Waals surface area contributed by atoms with Gasteiger partial charge in [0.15, 0.2) is 0 Å². The summed E-state index contributed by atoms with van der Waals surface area (Å²) in [6.45, 7) is 8.43. The number of amides is 2. The van der Waals surface area contributed by atoms with Crippen molar-refractivity contribution >= 4 is 23.4 Å². The quantitative estimate of drug-likeness (QED) is 0.685. The Hall–Kier alpha value is -2.40. The van der Waals surface area contributed by atoms with Crippen molar-refractivity contribution in [3.63, 3.8) is 0 Å². The molecule has 2 aromatic carbocycles. The fraction of sp³-hybridized carbons (Fsp3) is 0.391. The van der Waals surface area contributed by atoms with Gasteiger partial charge in [-0.1, -0.05) is 61.3 Å². The summed E-state index contributed by atoms with van der Waals surface area (Å²) in [4.78, 5) is 27.2. The molecular weight excluding hydrogens is 391 g/mol. The molecule has 4 nitrogen and oxygen atoms in total. The highest BCUT2D eigenvalue weighted by Crippen LogP contribution is 2.21. The largest absolute Gasteiger partial charge is 0.354 e. The highest BCUT2D eigenvalue weighted by molar-refractivity contribution is 6.31. The Morgan fingerprint density at radius 2 is 1.83 bits per heavy atom. The molecule has 6 heteroatoms. The molecule has 0 radical (unpaired) electrons. The van der Waals surface area contributed by atoms with E-state index in [0.717, 1.165) is 11.1 Å². The number of hydrogen-bond donors (Lipinski definition) is 1. The zero-order chi connectivity index (χ0) is 21.6. The van der Waals surface area contributed by atoms with Gasteiger partial charge in [0.05, 0.1) is 6.42 Å². The number of benzene rings is 2. The van der Waals surface area contributed by atoms with Crippen LogP contribution in [0.4, 0.5) is 4.39 Å². The lowest BCUT2D eigenvalue weighted by atomic mass is 10.1. The van der Waals surface area contributed by atoms with Crippen LogP contribution in [0, 0.1) is 18.7 Å².